The Morgan fingerprint density at radius 3 is 2.54 bits per heavy atom. The Bertz CT molecular complexity index is 1010. The Hall–Kier alpha value is -3.11. The summed E-state index contributed by atoms with van der Waals surface area (Å²) in [7, 11) is 0. The average Bonchev–Trinajstić information content (AvgIpc) is 2.83. The Balaban J connectivity index is 1.51. The molecule has 1 aromatic heterocycles. The number of pyridine rings is 1. The molecule has 0 aliphatic carbocycles. The average molecular weight is 521 g/mol. The van der Waals surface area contributed by atoms with Crippen molar-refractivity contribution in [2.75, 3.05) is 32.9 Å². The van der Waals surface area contributed by atoms with Crippen LogP contribution in [0.3, 0.4) is 0 Å². The second-order valence-corrected chi connectivity index (χ2v) is 9.50. The third-order valence-corrected chi connectivity index (χ3v) is 5.40. The summed E-state index contributed by atoms with van der Waals surface area (Å²) in [4.78, 5) is 21.1. The van der Waals surface area contributed by atoms with Gasteiger partial charge in [0.2, 0.25) is 5.88 Å². The molecular formula is C27H37FN2O7. The molecular weight excluding hydrogens is 483 g/mol. The Kier molecular flexibility index (Phi) is 10.8. The Morgan fingerprint density at radius 2 is 1.86 bits per heavy atom. The highest BCUT2D eigenvalue weighted by atomic mass is 19.1. The van der Waals surface area contributed by atoms with Crippen LogP contribution in [0.15, 0.2) is 30.5 Å². The van der Waals surface area contributed by atoms with Gasteiger partial charge in [0.05, 0.1) is 18.3 Å². The van der Waals surface area contributed by atoms with Crippen molar-refractivity contribution in [3.63, 3.8) is 0 Å². The minimum atomic E-state index is -0.705. The fraction of sp³-hybridized carbons (Fsp3) is 0.556. The van der Waals surface area contributed by atoms with E-state index in [1.54, 1.807) is 37.2 Å². The first-order valence-corrected chi connectivity index (χ1v) is 12.6. The number of carbonyl (C=O) groups excluding carboxylic acids is 1. The standard InChI is InChI=1S/C27H37FN2O7/c1-18(2)17-32-14-15-33-22-6-7-25(23(28)16-22)36-26-20(5)24(8-11-29-26)35-21-9-12-30(13-10-21)37-27(31)34-19(3)4/h6-8,11,16,18-19,21H,9-10,12-15,17H2,1-5H3. The molecule has 1 aliphatic heterocycles. The lowest BCUT2D eigenvalue weighted by Crippen LogP contribution is -2.40. The van der Waals surface area contributed by atoms with Crippen LogP contribution < -0.4 is 14.2 Å². The van der Waals surface area contributed by atoms with Crippen LogP contribution in [0.1, 0.15) is 46.1 Å². The Morgan fingerprint density at radius 1 is 1.11 bits per heavy atom. The summed E-state index contributed by atoms with van der Waals surface area (Å²) in [5.74, 6) is 1.18. The molecule has 0 N–H and O–H groups in total. The quantitative estimate of drug-likeness (QED) is 0.259. The Labute approximate surface area is 217 Å². The highest BCUT2D eigenvalue weighted by Gasteiger charge is 2.25. The van der Waals surface area contributed by atoms with Gasteiger partial charge < -0.3 is 28.5 Å². The molecule has 2 heterocycles. The van der Waals surface area contributed by atoms with Crippen molar-refractivity contribution in [2.45, 2.75) is 59.7 Å². The third-order valence-electron chi connectivity index (χ3n) is 5.40. The largest absolute Gasteiger partial charge is 0.528 e. The third kappa shape index (κ3) is 9.36. The number of hydroxylamine groups is 2. The van der Waals surface area contributed by atoms with Crippen molar-refractivity contribution in [1.29, 1.82) is 0 Å². The van der Waals surface area contributed by atoms with Gasteiger partial charge in [0.1, 0.15) is 24.2 Å². The van der Waals surface area contributed by atoms with E-state index in [2.05, 4.69) is 18.8 Å². The van der Waals surface area contributed by atoms with Crippen LogP contribution in [-0.4, -0.2) is 61.3 Å². The fourth-order valence-electron chi connectivity index (χ4n) is 3.57. The topological polar surface area (TPSA) is 88.6 Å². The molecule has 0 unspecified atom stereocenters. The first-order valence-electron chi connectivity index (χ1n) is 12.6. The molecule has 0 radical (unpaired) electrons. The van der Waals surface area contributed by atoms with E-state index in [9.17, 15) is 9.18 Å². The first-order chi connectivity index (χ1) is 17.7. The molecule has 9 nitrogen and oxygen atoms in total. The second-order valence-electron chi connectivity index (χ2n) is 9.50. The van der Waals surface area contributed by atoms with Gasteiger partial charge in [-0.3, -0.25) is 0 Å². The molecule has 0 amide bonds. The van der Waals surface area contributed by atoms with Gasteiger partial charge in [-0.05, 0) is 44.9 Å². The molecule has 1 aromatic carbocycles. The highest BCUT2D eigenvalue weighted by Crippen LogP contribution is 2.33. The lowest BCUT2D eigenvalue weighted by molar-refractivity contribution is -0.151. The van der Waals surface area contributed by atoms with Crippen molar-refractivity contribution in [1.82, 2.24) is 10.0 Å². The lowest BCUT2D eigenvalue weighted by Gasteiger charge is -2.30. The van der Waals surface area contributed by atoms with Gasteiger partial charge in [-0.15, -0.1) is 5.06 Å². The van der Waals surface area contributed by atoms with Crippen LogP contribution >= 0.6 is 0 Å². The SMILES string of the molecule is Cc1c(OC2CCN(OC(=O)OC(C)C)CC2)ccnc1Oc1ccc(OCCOCC(C)C)cc1F. The summed E-state index contributed by atoms with van der Waals surface area (Å²) in [5, 5.41) is 1.58. The zero-order valence-corrected chi connectivity index (χ0v) is 22.2. The van der Waals surface area contributed by atoms with Crippen molar-refractivity contribution >= 4 is 6.16 Å². The van der Waals surface area contributed by atoms with Crippen molar-refractivity contribution < 1.29 is 37.7 Å². The molecule has 10 heteroatoms. The van der Waals surface area contributed by atoms with Crippen LogP contribution in [-0.2, 0) is 14.3 Å². The van der Waals surface area contributed by atoms with E-state index in [1.165, 1.54) is 12.1 Å². The van der Waals surface area contributed by atoms with Crippen LogP contribution in [0, 0.1) is 18.7 Å². The summed E-state index contributed by atoms with van der Waals surface area (Å²) in [5.41, 5.74) is 0.656. The molecule has 0 bridgehead atoms. The van der Waals surface area contributed by atoms with E-state index >= 15 is 0 Å². The molecule has 3 rings (SSSR count). The number of piperidine rings is 1. The van der Waals surface area contributed by atoms with Gasteiger partial charge in [-0.1, -0.05) is 13.8 Å². The summed E-state index contributed by atoms with van der Waals surface area (Å²) >= 11 is 0. The summed E-state index contributed by atoms with van der Waals surface area (Å²) in [6.07, 6.45) is 1.86. The molecule has 1 aliphatic rings. The second kappa shape index (κ2) is 14.0. The number of ether oxygens (including phenoxy) is 5. The van der Waals surface area contributed by atoms with Gasteiger partial charge in [0, 0.05) is 44.8 Å². The van der Waals surface area contributed by atoms with E-state index in [0.717, 1.165) is 0 Å². The zero-order chi connectivity index (χ0) is 26.8. The lowest BCUT2D eigenvalue weighted by atomic mass is 10.1. The summed E-state index contributed by atoms with van der Waals surface area (Å²) in [6.45, 7) is 12.0. The van der Waals surface area contributed by atoms with E-state index in [1.807, 2.05) is 6.92 Å². The van der Waals surface area contributed by atoms with Crippen molar-refractivity contribution in [2.24, 2.45) is 5.92 Å². The molecule has 2 aromatic rings. The molecule has 0 spiro atoms. The summed E-state index contributed by atoms with van der Waals surface area (Å²) < 4.78 is 42.6. The summed E-state index contributed by atoms with van der Waals surface area (Å²) in [6, 6.07) is 6.18. The van der Waals surface area contributed by atoms with Gasteiger partial charge in [-0.2, -0.15) is 0 Å². The maximum Gasteiger partial charge on any atom is 0.528 e. The minimum absolute atomic E-state index is 0.0369. The highest BCUT2D eigenvalue weighted by molar-refractivity contribution is 5.59. The molecule has 0 atom stereocenters. The minimum Gasteiger partial charge on any atom is -0.491 e. The maximum absolute atomic E-state index is 14.7. The molecule has 1 fully saturated rings. The van der Waals surface area contributed by atoms with E-state index in [-0.39, 0.29) is 23.8 Å². The fourth-order valence-corrected chi connectivity index (χ4v) is 3.57. The number of rotatable bonds is 12. The number of aromatic nitrogens is 1. The monoisotopic (exact) mass is 520 g/mol. The predicted molar refractivity (Wildman–Crippen MR) is 135 cm³/mol. The number of halogens is 1. The number of hydrogen-bond donors (Lipinski definition) is 0. The van der Waals surface area contributed by atoms with Crippen LogP contribution in [0.25, 0.3) is 0 Å². The van der Waals surface area contributed by atoms with Crippen LogP contribution in [0.5, 0.6) is 23.1 Å². The predicted octanol–water partition coefficient (Wildman–Crippen LogP) is 5.69. The van der Waals surface area contributed by atoms with Gasteiger partial charge in [-0.25, -0.2) is 14.2 Å². The normalized spacial score (nSPS) is 14.6. The maximum atomic E-state index is 14.7. The molecule has 204 valence electrons. The van der Waals surface area contributed by atoms with E-state index in [4.69, 9.17) is 28.5 Å². The number of hydrogen-bond acceptors (Lipinski definition) is 9. The van der Waals surface area contributed by atoms with E-state index < -0.39 is 12.0 Å². The van der Waals surface area contributed by atoms with Gasteiger partial charge in [0.25, 0.3) is 0 Å². The van der Waals surface area contributed by atoms with Crippen LogP contribution in [0.2, 0.25) is 0 Å². The number of benzene rings is 1. The zero-order valence-electron chi connectivity index (χ0n) is 22.2. The van der Waals surface area contributed by atoms with Crippen LogP contribution in [0.4, 0.5) is 9.18 Å². The van der Waals surface area contributed by atoms with Gasteiger partial charge in [0.15, 0.2) is 11.6 Å². The van der Waals surface area contributed by atoms with Crippen molar-refractivity contribution in [3.05, 3.63) is 41.8 Å². The van der Waals surface area contributed by atoms with Crippen molar-refractivity contribution in [3.8, 4) is 23.1 Å². The number of carbonyl (C=O) groups is 1. The van der Waals surface area contributed by atoms with E-state index in [0.29, 0.717) is 68.7 Å². The molecule has 1 saturated heterocycles. The molecule has 37 heavy (non-hydrogen) atoms. The molecule has 0 saturated carbocycles. The smallest absolute Gasteiger partial charge is 0.491 e. The van der Waals surface area contributed by atoms with Gasteiger partial charge >= 0.3 is 6.16 Å². The first kappa shape index (κ1) is 28.5. The number of nitrogens with zero attached hydrogens (tertiary/aromatic N) is 2.